The van der Waals surface area contributed by atoms with Crippen LogP contribution in [0.25, 0.3) is 0 Å². The molecular weight excluding hydrogens is 344 g/mol. The first-order valence-electron chi connectivity index (χ1n) is 7.74. The number of hydrogen-bond donors (Lipinski definition) is 1. The maximum absolute atomic E-state index is 12.0. The minimum atomic E-state index is -0.602. The third-order valence-corrected chi connectivity index (χ3v) is 3.40. The highest BCUT2D eigenvalue weighted by Gasteiger charge is 2.19. The molecule has 1 rings (SSSR count). The molecule has 7 nitrogen and oxygen atoms in total. The van der Waals surface area contributed by atoms with Crippen LogP contribution in [0.2, 0.25) is 0 Å². The van der Waals surface area contributed by atoms with E-state index in [4.69, 9.17) is 14.3 Å². The molecule has 0 fully saturated rings. The number of rotatable bonds is 8. The molecule has 1 aromatic rings. The lowest BCUT2D eigenvalue weighted by atomic mass is 10.2. The number of ether oxygens (including phenoxy) is 2. The van der Waals surface area contributed by atoms with Gasteiger partial charge < -0.3 is 19.6 Å². The van der Waals surface area contributed by atoms with E-state index in [0.29, 0.717) is 4.88 Å². The van der Waals surface area contributed by atoms with Crippen LogP contribution in [0.1, 0.15) is 32.6 Å². The van der Waals surface area contributed by atoms with Gasteiger partial charge in [-0.05, 0) is 39.1 Å². The van der Waals surface area contributed by atoms with Gasteiger partial charge in [-0.2, -0.15) is 0 Å². The third-order valence-electron chi connectivity index (χ3n) is 2.52. The quantitative estimate of drug-likeness (QED) is 0.330. The maximum atomic E-state index is 12.0. The summed E-state index contributed by atoms with van der Waals surface area (Å²) in [7, 11) is 0. The Balaban J connectivity index is 2.60. The molecule has 138 valence electrons. The first kappa shape index (κ1) is 20.7. The van der Waals surface area contributed by atoms with Crippen LogP contribution in [0, 0.1) is 0 Å². The van der Waals surface area contributed by atoms with E-state index in [-0.39, 0.29) is 25.0 Å². The van der Waals surface area contributed by atoms with Crippen molar-refractivity contribution in [3.8, 4) is 0 Å². The zero-order chi connectivity index (χ0) is 18.9. The number of thiophene rings is 1. The zero-order valence-corrected chi connectivity index (χ0v) is 15.7. The minimum Gasteiger partial charge on any atom is -0.457 e. The summed E-state index contributed by atoms with van der Waals surface area (Å²) in [6, 6.07) is 3.18. The first-order valence-corrected chi connectivity index (χ1v) is 8.62. The van der Waals surface area contributed by atoms with Gasteiger partial charge in [0.05, 0.1) is 10.9 Å². The van der Waals surface area contributed by atoms with E-state index in [1.54, 1.807) is 39.8 Å². The number of esters is 1. The number of hydrogen-bond acceptors (Lipinski definition) is 7. The van der Waals surface area contributed by atoms with Crippen LogP contribution >= 0.6 is 11.3 Å². The van der Waals surface area contributed by atoms with E-state index < -0.39 is 17.7 Å². The van der Waals surface area contributed by atoms with Crippen molar-refractivity contribution in [2.24, 2.45) is 5.16 Å². The Hall–Kier alpha value is -2.35. The topological polar surface area (TPSA) is 86.2 Å². The molecule has 0 radical (unpaired) electrons. The van der Waals surface area contributed by atoms with Crippen molar-refractivity contribution in [3.05, 3.63) is 35.0 Å². The van der Waals surface area contributed by atoms with Crippen LogP contribution in [0.4, 0.5) is 4.79 Å². The van der Waals surface area contributed by atoms with Crippen LogP contribution in [0.15, 0.2) is 35.3 Å². The molecule has 0 aliphatic carbocycles. The molecule has 8 heteroatoms. The molecule has 1 heterocycles. The average Bonchev–Trinajstić information content (AvgIpc) is 3.01. The third kappa shape index (κ3) is 8.35. The predicted octanol–water partition coefficient (Wildman–Crippen LogP) is 3.11. The van der Waals surface area contributed by atoms with Gasteiger partial charge in [0, 0.05) is 0 Å². The number of carbonyl (C=O) groups is 2. The van der Waals surface area contributed by atoms with Crippen molar-refractivity contribution in [1.82, 2.24) is 5.32 Å². The van der Waals surface area contributed by atoms with Crippen molar-refractivity contribution in [2.75, 3.05) is 13.2 Å². The lowest BCUT2D eigenvalue weighted by molar-refractivity contribution is -0.134. The number of carbonyl (C=O) groups excluding carboxylic acids is 2. The van der Waals surface area contributed by atoms with Gasteiger partial charge in [0.2, 0.25) is 5.71 Å². The van der Waals surface area contributed by atoms with Gasteiger partial charge in [0.15, 0.2) is 0 Å². The maximum Gasteiger partial charge on any atom is 0.407 e. The lowest BCUT2D eigenvalue weighted by Gasteiger charge is -2.21. The molecule has 1 N–H and O–H groups in total. The van der Waals surface area contributed by atoms with Crippen molar-refractivity contribution in [2.45, 2.75) is 39.3 Å². The molecule has 0 saturated carbocycles. The van der Waals surface area contributed by atoms with Crippen molar-refractivity contribution in [3.63, 3.8) is 0 Å². The number of alkyl carbamates (subject to hydrolysis) is 1. The molecule has 1 amide bonds. The fraction of sp³-hybridized carbons (Fsp3) is 0.471. The monoisotopic (exact) mass is 368 g/mol. The summed E-state index contributed by atoms with van der Waals surface area (Å²) in [5.41, 5.74) is -0.509. The second kappa shape index (κ2) is 9.83. The van der Waals surface area contributed by atoms with E-state index >= 15 is 0 Å². The SMILES string of the molecule is C=CCOC(=O)/C(=N\OCC(C)NC(=O)OC(C)(C)C)c1cccs1. The normalized spacial score (nSPS) is 12.9. The summed E-state index contributed by atoms with van der Waals surface area (Å²) in [6.07, 6.45) is 0.925. The molecule has 0 bridgehead atoms. The van der Waals surface area contributed by atoms with Crippen LogP contribution in [0.5, 0.6) is 0 Å². The molecule has 0 aromatic carbocycles. The highest BCUT2D eigenvalue weighted by atomic mass is 32.1. The van der Waals surface area contributed by atoms with E-state index in [9.17, 15) is 9.59 Å². The minimum absolute atomic E-state index is 0.0707. The van der Waals surface area contributed by atoms with Crippen LogP contribution in [-0.4, -0.2) is 42.6 Å². The predicted molar refractivity (Wildman–Crippen MR) is 96.8 cm³/mol. The highest BCUT2D eigenvalue weighted by molar-refractivity contribution is 7.13. The van der Waals surface area contributed by atoms with Crippen molar-refractivity contribution < 1.29 is 23.9 Å². The Morgan fingerprint density at radius 2 is 2.16 bits per heavy atom. The molecule has 1 unspecified atom stereocenters. The van der Waals surface area contributed by atoms with Gasteiger partial charge >= 0.3 is 12.1 Å². The summed E-state index contributed by atoms with van der Waals surface area (Å²) in [5, 5.41) is 8.31. The van der Waals surface area contributed by atoms with Gasteiger partial charge in [-0.3, -0.25) is 0 Å². The molecule has 0 spiro atoms. The van der Waals surface area contributed by atoms with E-state index in [1.807, 2.05) is 5.38 Å². The second-order valence-corrected chi connectivity index (χ2v) is 7.10. The second-order valence-electron chi connectivity index (χ2n) is 6.15. The number of oxime groups is 1. The van der Waals surface area contributed by atoms with Gasteiger partial charge in [-0.25, -0.2) is 9.59 Å². The summed E-state index contributed by atoms with van der Waals surface area (Å²) in [5.74, 6) is -0.602. The van der Waals surface area contributed by atoms with Gasteiger partial charge in [-0.15, -0.1) is 11.3 Å². The largest absolute Gasteiger partial charge is 0.457 e. The Kier molecular flexibility index (Phi) is 8.13. The molecule has 0 saturated heterocycles. The smallest absolute Gasteiger partial charge is 0.407 e. The van der Waals surface area contributed by atoms with Gasteiger partial charge in [0.25, 0.3) is 0 Å². The van der Waals surface area contributed by atoms with Crippen LogP contribution in [-0.2, 0) is 19.1 Å². The summed E-state index contributed by atoms with van der Waals surface area (Å²) in [6.45, 7) is 10.7. The van der Waals surface area contributed by atoms with E-state index in [1.165, 1.54) is 17.4 Å². The molecule has 0 aliphatic heterocycles. The first-order chi connectivity index (χ1) is 11.7. The summed E-state index contributed by atoms with van der Waals surface area (Å²) >= 11 is 1.34. The van der Waals surface area contributed by atoms with Crippen LogP contribution in [0.3, 0.4) is 0 Å². The van der Waals surface area contributed by atoms with Crippen molar-refractivity contribution in [1.29, 1.82) is 0 Å². The highest BCUT2D eigenvalue weighted by Crippen LogP contribution is 2.12. The molecule has 1 atom stereocenters. The number of amides is 1. The van der Waals surface area contributed by atoms with Crippen LogP contribution < -0.4 is 5.32 Å². The van der Waals surface area contributed by atoms with E-state index in [2.05, 4.69) is 17.1 Å². The molecule has 0 aliphatic rings. The Morgan fingerprint density at radius 3 is 2.72 bits per heavy atom. The Bertz CT molecular complexity index is 605. The zero-order valence-electron chi connectivity index (χ0n) is 14.9. The summed E-state index contributed by atoms with van der Waals surface area (Å²) < 4.78 is 10.2. The Morgan fingerprint density at radius 1 is 1.44 bits per heavy atom. The fourth-order valence-electron chi connectivity index (χ4n) is 1.56. The molecule has 25 heavy (non-hydrogen) atoms. The van der Waals surface area contributed by atoms with Gasteiger partial charge in [-0.1, -0.05) is 23.9 Å². The molecular formula is C17H24N2O5S. The fourth-order valence-corrected chi connectivity index (χ4v) is 2.26. The van der Waals surface area contributed by atoms with Gasteiger partial charge in [0.1, 0.15) is 18.8 Å². The van der Waals surface area contributed by atoms with Crippen molar-refractivity contribution >= 4 is 29.1 Å². The van der Waals surface area contributed by atoms with E-state index in [0.717, 1.165) is 0 Å². The Labute approximate surface area is 151 Å². The average molecular weight is 368 g/mol. The molecule has 1 aromatic heterocycles. The number of nitrogens with zero attached hydrogens (tertiary/aromatic N) is 1. The lowest BCUT2D eigenvalue weighted by Crippen LogP contribution is -2.39. The number of nitrogens with one attached hydrogen (secondary N) is 1. The summed E-state index contributed by atoms with van der Waals surface area (Å²) in [4.78, 5) is 29.6. The standard InChI is InChI=1S/C17H24N2O5S/c1-6-9-22-15(20)14(13-8-7-10-25-13)19-23-11-12(2)18-16(21)24-17(3,4)5/h6-8,10,12H,1,9,11H2,2-5H3,(H,18,21)/b19-14-.